The Labute approximate surface area is 162 Å². The summed E-state index contributed by atoms with van der Waals surface area (Å²) in [4.78, 5) is 51.3. The van der Waals surface area contributed by atoms with E-state index in [1.807, 2.05) is 0 Å². The molecule has 0 bridgehead atoms. The second-order valence-electron chi connectivity index (χ2n) is 7.06. The van der Waals surface area contributed by atoms with Crippen LogP contribution in [0.1, 0.15) is 39.0 Å². The number of thioether (sulfide) groups is 1. The molecule has 2 saturated heterocycles. The second kappa shape index (κ2) is 8.47. The van der Waals surface area contributed by atoms with Gasteiger partial charge in [-0.1, -0.05) is 19.3 Å². The molecule has 1 atom stereocenters. The molecule has 3 aliphatic rings. The average molecular weight is 398 g/mol. The first-order chi connectivity index (χ1) is 13.0. The van der Waals surface area contributed by atoms with Crippen molar-refractivity contribution in [3.05, 3.63) is 0 Å². The average Bonchev–Trinajstić information content (AvgIpc) is 2.87. The van der Waals surface area contributed by atoms with Gasteiger partial charge in [-0.15, -0.1) is 0 Å². The number of ether oxygens (including phenoxy) is 1. The van der Waals surface area contributed by atoms with Crippen LogP contribution in [-0.4, -0.2) is 76.5 Å². The summed E-state index contributed by atoms with van der Waals surface area (Å²) in [6.07, 6.45) is 3.98. The minimum atomic E-state index is -0.877. The van der Waals surface area contributed by atoms with Gasteiger partial charge in [0, 0.05) is 18.1 Å². The topological polar surface area (TPSA) is 108 Å². The fourth-order valence-corrected chi connectivity index (χ4v) is 4.94. The monoisotopic (exact) mass is 398 g/mol. The maximum atomic E-state index is 12.7. The zero-order valence-corrected chi connectivity index (χ0v) is 16.3. The molecule has 0 aromatic carbocycles. The summed E-state index contributed by atoms with van der Waals surface area (Å²) in [5, 5.41) is 3.55. The third-order valence-corrected chi connectivity index (χ3v) is 6.27. The van der Waals surface area contributed by atoms with E-state index in [0.717, 1.165) is 30.0 Å². The van der Waals surface area contributed by atoms with Crippen molar-refractivity contribution >= 4 is 35.6 Å². The molecule has 2 heterocycles. The maximum Gasteiger partial charge on any atom is 0.344 e. The number of hydrazine groups is 1. The third kappa shape index (κ3) is 4.21. The minimum Gasteiger partial charge on any atom is -0.465 e. The van der Waals surface area contributed by atoms with Crippen molar-refractivity contribution in [2.24, 2.45) is 0 Å². The maximum absolute atomic E-state index is 12.7. The Morgan fingerprint density at radius 1 is 1.30 bits per heavy atom. The van der Waals surface area contributed by atoms with Gasteiger partial charge < -0.3 is 10.1 Å². The second-order valence-corrected chi connectivity index (χ2v) is 8.21. The van der Waals surface area contributed by atoms with Crippen molar-refractivity contribution in [1.29, 1.82) is 0 Å². The zero-order chi connectivity index (χ0) is 19.4. The number of amides is 4. The molecule has 9 nitrogen and oxygen atoms in total. The molecular formula is C17H26N4O5S. The van der Waals surface area contributed by atoms with Crippen molar-refractivity contribution in [2.45, 2.75) is 50.6 Å². The number of esters is 1. The number of nitrogens with one attached hydrogen (secondary N) is 2. The van der Waals surface area contributed by atoms with E-state index in [2.05, 4.69) is 10.7 Å². The predicted octanol–water partition coefficient (Wildman–Crippen LogP) is 0.253. The van der Waals surface area contributed by atoms with Gasteiger partial charge in [0.1, 0.15) is 11.6 Å². The number of rotatable bonds is 5. The highest BCUT2D eigenvalue weighted by molar-refractivity contribution is 7.99. The van der Waals surface area contributed by atoms with E-state index in [0.29, 0.717) is 25.1 Å². The Kier molecular flexibility index (Phi) is 6.25. The summed E-state index contributed by atoms with van der Waals surface area (Å²) in [6.45, 7) is 2.51. The molecule has 0 radical (unpaired) electrons. The molecule has 3 rings (SSSR count). The number of hydrogen-bond donors (Lipinski definition) is 2. The molecule has 1 aliphatic carbocycles. The van der Waals surface area contributed by atoms with Crippen LogP contribution >= 0.6 is 11.8 Å². The van der Waals surface area contributed by atoms with Gasteiger partial charge in [-0.3, -0.25) is 24.7 Å². The molecule has 150 valence electrons. The largest absolute Gasteiger partial charge is 0.465 e. The lowest BCUT2D eigenvalue weighted by atomic mass is 9.82. The van der Waals surface area contributed by atoms with E-state index in [-0.39, 0.29) is 19.1 Å². The first-order valence-electron chi connectivity index (χ1n) is 9.41. The molecule has 0 aromatic rings. The fourth-order valence-electron chi connectivity index (χ4n) is 3.84. The smallest absolute Gasteiger partial charge is 0.344 e. The van der Waals surface area contributed by atoms with Crippen LogP contribution in [0.5, 0.6) is 0 Å². The first kappa shape index (κ1) is 19.9. The van der Waals surface area contributed by atoms with Crippen LogP contribution in [0.25, 0.3) is 0 Å². The van der Waals surface area contributed by atoms with Gasteiger partial charge in [-0.05, 0) is 19.8 Å². The van der Waals surface area contributed by atoms with Gasteiger partial charge in [0.25, 0.3) is 11.8 Å². The Morgan fingerprint density at radius 3 is 2.74 bits per heavy atom. The molecule has 1 unspecified atom stereocenters. The molecule has 1 saturated carbocycles. The lowest BCUT2D eigenvalue weighted by Gasteiger charge is -2.33. The number of nitrogens with zero attached hydrogens (tertiary/aromatic N) is 2. The molecule has 4 amide bonds. The summed E-state index contributed by atoms with van der Waals surface area (Å²) in [5.41, 5.74) is 1.54. The molecule has 27 heavy (non-hydrogen) atoms. The van der Waals surface area contributed by atoms with Gasteiger partial charge >= 0.3 is 12.0 Å². The quantitative estimate of drug-likeness (QED) is 0.505. The summed E-state index contributed by atoms with van der Waals surface area (Å²) in [6, 6.07) is -1.09. The van der Waals surface area contributed by atoms with Gasteiger partial charge in [0.15, 0.2) is 0 Å². The lowest BCUT2D eigenvalue weighted by molar-refractivity contribution is -0.149. The van der Waals surface area contributed by atoms with Gasteiger partial charge in [-0.2, -0.15) is 16.8 Å². The normalized spacial score (nSPS) is 25.4. The Hall–Kier alpha value is -1.81. The van der Waals surface area contributed by atoms with Crippen molar-refractivity contribution in [3.8, 4) is 0 Å². The highest BCUT2D eigenvalue weighted by Gasteiger charge is 2.52. The Bertz CT molecular complexity index is 622. The van der Waals surface area contributed by atoms with Crippen molar-refractivity contribution in [3.63, 3.8) is 0 Å². The van der Waals surface area contributed by atoms with Gasteiger partial charge in [0.05, 0.1) is 13.2 Å². The molecule has 1 spiro atoms. The van der Waals surface area contributed by atoms with Crippen LogP contribution in [0.15, 0.2) is 0 Å². The minimum absolute atomic E-state index is 0.0753. The first-order valence-corrected chi connectivity index (χ1v) is 10.6. The van der Waals surface area contributed by atoms with Gasteiger partial charge in [0.2, 0.25) is 0 Å². The van der Waals surface area contributed by atoms with E-state index >= 15 is 0 Å². The molecule has 2 N–H and O–H groups in total. The Balaban J connectivity index is 1.60. The molecule has 0 aromatic heterocycles. The van der Waals surface area contributed by atoms with E-state index in [4.69, 9.17) is 4.74 Å². The number of carbonyl (C=O) groups excluding carboxylic acids is 4. The molecule has 10 heteroatoms. The predicted molar refractivity (Wildman–Crippen MR) is 98.7 cm³/mol. The van der Waals surface area contributed by atoms with Crippen molar-refractivity contribution < 1.29 is 23.9 Å². The van der Waals surface area contributed by atoms with E-state index in [1.54, 1.807) is 23.6 Å². The summed E-state index contributed by atoms with van der Waals surface area (Å²) in [5.74, 6) is 0.117. The summed E-state index contributed by atoms with van der Waals surface area (Å²) in [7, 11) is 0. The Morgan fingerprint density at radius 2 is 2.04 bits per heavy atom. The van der Waals surface area contributed by atoms with Crippen LogP contribution in [0.4, 0.5) is 4.79 Å². The van der Waals surface area contributed by atoms with Crippen LogP contribution < -0.4 is 10.7 Å². The number of carbonyl (C=O) groups is 4. The standard InChI is InChI=1S/C17H26N4O5S/c1-2-26-14(23)12-11-27-9-8-20(12)10-13(22)19-21-15(24)17(18-16(21)25)6-4-3-5-7-17/h12H,2-11H2,1H3,(H,18,25)(H,19,22). The summed E-state index contributed by atoms with van der Waals surface area (Å²) < 4.78 is 5.08. The van der Waals surface area contributed by atoms with Gasteiger partial charge in [-0.25, -0.2) is 4.79 Å². The highest BCUT2D eigenvalue weighted by Crippen LogP contribution is 2.33. The molecule has 3 fully saturated rings. The van der Waals surface area contributed by atoms with Crippen LogP contribution in [0.2, 0.25) is 0 Å². The zero-order valence-electron chi connectivity index (χ0n) is 15.5. The van der Waals surface area contributed by atoms with Crippen LogP contribution in [-0.2, 0) is 19.1 Å². The third-order valence-electron chi connectivity index (χ3n) is 5.25. The lowest BCUT2D eigenvalue weighted by Crippen LogP contribution is -2.55. The van der Waals surface area contributed by atoms with Crippen molar-refractivity contribution in [2.75, 3.05) is 31.2 Å². The highest BCUT2D eigenvalue weighted by atomic mass is 32.2. The number of hydrogen-bond acceptors (Lipinski definition) is 7. The molecular weight excluding hydrogens is 372 g/mol. The summed E-state index contributed by atoms with van der Waals surface area (Å²) >= 11 is 1.63. The number of urea groups is 1. The fraction of sp³-hybridized carbons (Fsp3) is 0.765. The molecule has 2 aliphatic heterocycles. The van der Waals surface area contributed by atoms with Crippen LogP contribution in [0.3, 0.4) is 0 Å². The van der Waals surface area contributed by atoms with Crippen molar-refractivity contribution in [1.82, 2.24) is 20.7 Å². The van der Waals surface area contributed by atoms with Crippen LogP contribution in [0, 0.1) is 0 Å². The van der Waals surface area contributed by atoms with E-state index in [1.165, 1.54) is 0 Å². The number of imide groups is 1. The van der Waals surface area contributed by atoms with E-state index < -0.39 is 29.4 Å². The van der Waals surface area contributed by atoms with E-state index in [9.17, 15) is 19.2 Å². The SMILES string of the molecule is CCOC(=O)C1CSCCN1CC(=O)NN1C(=O)NC2(CCCCC2)C1=O.